The van der Waals surface area contributed by atoms with Gasteiger partial charge in [0.05, 0.1) is 0 Å². The molecule has 0 atom stereocenters. The van der Waals surface area contributed by atoms with Crippen molar-refractivity contribution in [1.82, 2.24) is 5.32 Å². The van der Waals surface area contributed by atoms with Gasteiger partial charge in [-0.3, -0.25) is 0 Å². The average molecular weight is 275 g/mol. The molecule has 19 heavy (non-hydrogen) atoms. The quantitative estimate of drug-likeness (QED) is 0.735. The summed E-state index contributed by atoms with van der Waals surface area (Å²) in [7, 11) is 0. The number of benzene rings is 1. The third kappa shape index (κ3) is 7.18. The van der Waals surface area contributed by atoms with Crippen LogP contribution in [0.5, 0.6) is 0 Å². The average Bonchev–Trinajstić information content (AvgIpc) is 2.37. The van der Waals surface area contributed by atoms with Crippen molar-refractivity contribution >= 4 is 0 Å². The van der Waals surface area contributed by atoms with Gasteiger partial charge < -0.3 is 10.1 Å². The Kier molecular flexibility index (Phi) is 6.87. The number of nitrogens with one attached hydrogen (secondary N) is 1. The highest BCUT2D eigenvalue weighted by Crippen LogP contribution is 2.14. The minimum atomic E-state index is -4.23. The van der Waals surface area contributed by atoms with Crippen molar-refractivity contribution in [2.45, 2.75) is 32.5 Å². The molecule has 1 N–H and O–H groups in total. The number of ether oxygens (including phenoxy) is 1. The van der Waals surface area contributed by atoms with Crippen LogP contribution in [0, 0.1) is 0 Å². The van der Waals surface area contributed by atoms with Gasteiger partial charge in [0.1, 0.15) is 6.61 Å². The molecule has 0 fully saturated rings. The summed E-state index contributed by atoms with van der Waals surface area (Å²) in [4.78, 5) is 0. The molecule has 2 nitrogen and oxygen atoms in total. The summed E-state index contributed by atoms with van der Waals surface area (Å²) in [6.45, 7) is 2.45. The molecule has 0 bridgehead atoms. The molecule has 0 amide bonds. The summed E-state index contributed by atoms with van der Waals surface area (Å²) in [5, 5.41) is 3.21. The summed E-state index contributed by atoms with van der Waals surface area (Å²) in [6, 6.07) is 8.14. The summed E-state index contributed by atoms with van der Waals surface area (Å²) >= 11 is 0. The number of alkyl halides is 3. The molecule has 0 aliphatic carbocycles. The molecular weight excluding hydrogens is 255 g/mol. The third-order valence-electron chi connectivity index (χ3n) is 2.72. The summed E-state index contributed by atoms with van der Waals surface area (Å²) < 4.78 is 39.9. The van der Waals surface area contributed by atoms with Gasteiger partial charge in [0.2, 0.25) is 0 Å². The Labute approximate surface area is 112 Å². The van der Waals surface area contributed by atoms with Gasteiger partial charge in [-0.15, -0.1) is 0 Å². The van der Waals surface area contributed by atoms with E-state index in [9.17, 15) is 13.2 Å². The molecule has 0 heterocycles. The minimum Gasteiger partial charge on any atom is -0.372 e. The van der Waals surface area contributed by atoms with E-state index < -0.39 is 12.8 Å². The van der Waals surface area contributed by atoms with Crippen molar-refractivity contribution in [3.8, 4) is 0 Å². The predicted molar refractivity (Wildman–Crippen MR) is 69.0 cm³/mol. The van der Waals surface area contributed by atoms with Gasteiger partial charge in [-0.25, -0.2) is 0 Å². The first-order chi connectivity index (χ1) is 9.03. The van der Waals surface area contributed by atoms with Gasteiger partial charge in [0.25, 0.3) is 0 Å². The molecule has 0 aromatic heterocycles. The van der Waals surface area contributed by atoms with Crippen LogP contribution in [0.3, 0.4) is 0 Å². The zero-order valence-corrected chi connectivity index (χ0v) is 11.1. The molecule has 0 saturated carbocycles. The van der Waals surface area contributed by atoms with Crippen molar-refractivity contribution in [2.75, 3.05) is 19.8 Å². The third-order valence-corrected chi connectivity index (χ3v) is 2.72. The number of halogens is 3. The van der Waals surface area contributed by atoms with Crippen molar-refractivity contribution < 1.29 is 17.9 Å². The van der Waals surface area contributed by atoms with Gasteiger partial charge in [0.15, 0.2) is 0 Å². The molecule has 1 aromatic carbocycles. The van der Waals surface area contributed by atoms with Crippen molar-refractivity contribution in [2.24, 2.45) is 0 Å². The molecule has 108 valence electrons. The molecule has 5 heteroatoms. The van der Waals surface area contributed by atoms with Crippen LogP contribution in [-0.2, 0) is 17.7 Å². The van der Waals surface area contributed by atoms with Gasteiger partial charge >= 0.3 is 6.18 Å². The van der Waals surface area contributed by atoms with E-state index in [1.54, 1.807) is 0 Å². The molecular formula is C14H20F3NO. The van der Waals surface area contributed by atoms with E-state index in [2.05, 4.69) is 29.1 Å². The lowest BCUT2D eigenvalue weighted by molar-refractivity contribution is -0.173. The highest BCUT2D eigenvalue weighted by Gasteiger charge is 2.27. The van der Waals surface area contributed by atoms with Crippen molar-refractivity contribution in [3.05, 3.63) is 35.4 Å². The number of rotatable bonds is 8. The standard InChI is InChI=1S/C14H20F3NO/c1-2-12-6-3-4-7-13(12)10-18-8-5-9-19-11-14(15,16)17/h3-4,6-7,18H,2,5,8-11H2,1H3. The lowest BCUT2D eigenvalue weighted by atomic mass is 10.1. The lowest BCUT2D eigenvalue weighted by Gasteiger charge is -2.10. The second kappa shape index (κ2) is 8.17. The van der Waals surface area contributed by atoms with Crippen LogP contribution in [-0.4, -0.2) is 25.9 Å². The minimum absolute atomic E-state index is 0.127. The largest absolute Gasteiger partial charge is 0.411 e. The zero-order valence-electron chi connectivity index (χ0n) is 11.1. The molecule has 0 aliphatic heterocycles. The fourth-order valence-electron chi connectivity index (χ4n) is 1.79. The zero-order chi connectivity index (χ0) is 14.1. The predicted octanol–water partition coefficient (Wildman–Crippen LogP) is 3.31. The van der Waals surface area contributed by atoms with Crippen LogP contribution >= 0.6 is 0 Å². The summed E-state index contributed by atoms with van der Waals surface area (Å²) in [5.74, 6) is 0. The Balaban J connectivity index is 2.11. The molecule has 0 radical (unpaired) electrons. The SMILES string of the molecule is CCc1ccccc1CNCCCOCC(F)(F)F. The van der Waals surface area contributed by atoms with Gasteiger partial charge in [-0.05, 0) is 30.5 Å². The number of hydrogen-bond acceptors (Lipinski definition) is 2. The Hall–Kier alpha value is -1.07. The van der Waals surface area contributed by atoms with Gasteiger partial charge in [-0.2, -0.15) is 13.2 Å². The summed E-state index contributed by atoms with van der Waals surface area (Å²) in [5.41, 5.74) is 2.53. The molecule has 1 aromatic rings. The molecule has 0 saturated heterocycles. The number of aryl methyl sites for hydroxylation is 1. The summed E-state index contributed by atoms with van der Waals surface area (Å²) in [6.07, 6.45) is -2.68. The Bertz CT molecular complexity index is 366. The van der Waals surface area contributed by atoms with E-state index in [1.807, 2.05) is 12.1 Å². The van der Waals surface area contributed by atoms with E-state index >= 15 is 0 Å². The molecule has 1 rings (SSSR count). The van der Waals surface area contributed by atoms with E-state index in [0.29, 0.717) is 13.0 Å². The fourth-order valence-corrected chi connectivity index (χ4v) is 1.79. The first-order valence-corrected chi connectivity index (χ1v) is 6.45. The van der Waals surface area contributed by atoms with E-state index in [0.717, 1.165) is 13.0 Å². The van der Waals surface area contributed by atoms with E-state index in [-0.39, 0.29) is 6.61 Å². The maximum absolute atomic E-state index is 11.8. The van der Waals surface area contributed by atoms with Gasteiger partial charge in [-0.1, -0.05) is 31.2 Å². The maximum Gasteiger partial charge on any atom is 0.411 e. The Morgan fingerprint density at radius 2 is 1.84 bits per heavy atom. The van der Waals surface area contributed by atoms with Crippen LogP contribution in [0.1, 0.15) is 24.5 Å². The van der Waals surface area contributed by atoms with Crippen LogP contribution in [0.4, 0.5) is 13.2 Å². The normalized spacial score (nSPS) is 11.8. The molecule has 0 spiro atoms. The van der Waals surface area contributed by atoms with E-state index in [4.69, 9.17) is 0 Å². The maximum atomic E-state index is 11.8. The van der Waals surface area contributed by atoms with Crippen molar-refractivity contribution in [3.63, 3.8) is 0 Å². The van der Waals surface area contributed by atoms with Crippen LogP contribution in [0.2, 0.25) is 0 Å². The first kappa shape index (κ1) is 16.0. The fraction of sp³-hybridized carbons (Fsp3) is 0.571. The lowest BCUT2D eigenvalue weighted by Crippen LogP contribution is -2.20. The molecule has 0 aliphatic rings. The van der Waals surface area contributed by atoms with Gasteiger partial charge in [0, 0.05) is 13.2 Å². The van der Waals surface area contributed by atoms with Crippen LogP contribution in [0.15, 0.2) is 24.3 Å². The second-order valence-corrected chi connectivity index (χ2v) is 4.32. The van der Waals surface area contributed by atoms with Crippen molar-refractivity contribution in [1.29, 1.82) is 0 Å². The Morgan fingerprint density at radius 1 is 1.16 bits per heavy atom. The first-order valence-electron chi connectivity index (χ1n) is 6.45. The number of hydrogen-bond donors (Lipinski definition) is 1. The van der Waals surface area contributed by atoms with Crippen LogP contribution in [0.25, 0.3) is 0 Å². The Morgan fingerprint density at radius 3 is 2.47 bits per heavy atom. The van der Waals surface area contributed by atoms with Crippen LogP contribution < -0.4 is 5.32 Å². The monoisotopic (exact) mass is 275 g/mol. The second-order valence-electron chi connectivity index (χ2n) is 4.32. The topological polar surface area (TPSA) is 21.3 Å². The highest BCUT2D eigenvalue weighted by molar-refractivity contribution is 5.26. The van der Waals surface area contributed by atoms with E-state index in [1.165, 1.54) is 11.1 Å². The molecule has 0 unspecified atom stereocenters. The highest BCUT2D eigenvalue weighted by atomic mass is 19.4. The smallest absolute Gasteiger partial charge is 0.372 e.